The van der Waals surface area contributed by atoms with Gasteiger partial charge in [-0.25, -0.2) is 13.6 Å². The molecule has 0 aliphatic carbocycles. The van der Waals surface area contributed by atoms with Crippen molar-refractivity contribution in [1.29, 1.82) is 0 Å². The van der Waals surface area contributed by atoms with Crippen molar-refractivity contribution in [2.45, 2.75) is 11.5 Å². The Labute approximate surface area is 229 Å². The predicted octanol–water partition coefficient (Wildman–Crippen LogP) is 4.44. The van der Waals surface area contributed by atoms with Gasteiger partial charge in [-0.2, -0.15) is 0 Å². The van der Waals surface area contributed by atoms with Gasteiger partial charge in [-0.15, -0.1) is 0 Å². The Bertz CT molecular complexity index is 1610. The molecule has 1 atom stereocenters. The first kappa shape index (κ1) is 25.8. The number of aryl methyl sites for hydroxylation is 1. The van der Waals surface area contributed by atoms with Gasteiger partial charge in [0.2, 0.25) is 0 Å². The summed E-state index contributed by atoms with van der Waals surface area (Å²) in [5.74, 6) is -0.501. The number of aromatic nitrogens is 1. The second-order valence-corrected chi connectivity index (χ2v) is 10.4. The van der Waals surface area contributed by atoms with E-state index in [9.17, 15) is 23.5 Å². The molecule has 3 amide bonds. The molecule has 1 fully saturated rings. The van der Waals surface area contributed by atoms with Crippen molar-refractivity contribution >= 4 is 28.5 Å². The Balaban J connectivity index is 1.41. The molecule has 1 aromatic heterocycles. The van der Waals surface area contributed by atoms with Gasteiger partial charge in [-0.3, -0.25) is 4.79 Å². The largest absolute Gasteiger partial charge is 0.497 e. The summed E-state index contributed by atoms with van der Waals surface area (Å²) in [5.41, 5.74) is 2.83. The number of aliphatic hydroxyl groups is 1. The molecule has 40 heavy (non-hydrogen) atoms. The summed E-state index contributed by atoms with van der Waals surface area (Å²) in [5, 5.41) is 14.4. The van der Waals surface area contributed by atoms with Gasteiger partial charge in [0.05, 0.1) is 30.7 Å². The highest BCUT2D eigenvalue weighted by atomic mass is 19.1. The third-order valence-corrected chi connectivity index (χ3v) is 8.04. The van der Waals surface area contributed by atoms with E-state index in [1.807, 2.05) is 29.8 Å². The third-order valence-electron chi connectivity index (χ3n) is 8.04. The molecule has 0 saturated carbocycles. The van der Waals surface area contributed by atoms with Crippen LogP contribution in [-0.2, 0) is 12.5 Å². The van der Waals surface area contributed by atoms with E-state index in [-0.39, 0.29) is 25.1 Å². The normalized spacial score (nSPS) is 17.5. The molecule has 2 N–H and O–H groups in total. The number of urea groups is 1. The van der Waals surface area contributed by atoms with Crippen LogP contribution in [0.1, 0.15) is 27.7 Å². The zero-order valence-corrected chi connectivity index (χ0v) is 22.0. The van der Waals surface area contributed by atoms with Crippen LogP contribution in [0, 0.1) is 11.6 Å². The summed E-state index contributed by atoms with van der Waals surface area (Å²) in [6.45, 7) is 0.589. The van der Waals surface area contributed by atoms with E-state index < -0.39 is 23.1 Å². The number of ether oxygens (including phenoxy) is 1. The summed E-state index contributed by atoms with van der Waals surface area (Å²) in [6, 6.07) is 15.7. The number of hydrogen-bond acceptors (Lipinski definition) is 4. The number of nitrogens with one attached hydrogen (secondary N) is 1. The number of carbonyl (C=O) groups excluding carboxylic acids is 2. The molecule has 2 aliphatic heterocycles. The van der Waals surface area contributed by atoms with Crippen molar-refractivity contribution in [1.82, 2.24) is 14.4 Å². The third kappa shape index (κ3) is 4.06. The molecule has 1 spiro atoms. The Kier molecular flexibility index (Phi) is 6.22. The first-order valence-electron chi connectivity index (χ1n) is 12.9. The van der Waals surface area contributed by atoms with Crippen LogP contribution in [0.15, 0.2) is 66.7 Å². The quantitative estimate of drug-likeness (QED) is 0.396. The minimum atomic E-state index is -0.649. The van der Waals surface area contributed by atoms with Gasteiger partial charge in [0, 0.05) is 55.1 Å². The van der Waals surface area contributed by atoms with Gasteiger partial charge in [-0.1, -0.05) is 0 Å². The second kappa shape index (κ2) is 9.63. The van der Waals surface area contributed by atoms with Crippen LogP contribution in [-0.4, -0.2) is 64.8 Å². The monoisotopic (exact) mass is 546 g/mol. The minimum Gasteiger partial charge on any atom is -0.497 e. The summed E-state index contributed by atoms with van der Waals surface area (Å²) < 4.78 is 34.4. The second-order valence-electron chi connectivity index (χ2n) is 10.4. The number of benzene rings is 3. The maximum absolute atomic E-state index is 13.8. The molecule has 10 heteroatoms. The lowest BCUT2D eigenvalue weighted by Gasteiger charge is -2.56. The molecule has 206 valence electrons. The number of methoxy groups -OCH3 is 1. The van der Waals surface area contributed by atoms with Crippen LogP contribution in [0.25, 0.3) is 10.9 Å². The van der Waals surface area contributed by atoms with E-state index in [1.54, 1.807) is 16.9 Å². The average Bonchev–Trinajstić information content (AvgIpc) is 3.24. The first-order valence-corrected chi connectivity index (χ1v) is 12.9. The van der Waals surface area contributed by atoms with Crippen LogP contribution in [0.4, 0.5) is 19.3 Å². The number of rotatable bonds is 4. The molecular weight excluding hydrogens is 518 g/mol. The fraction of sp³-hybridized carbons (Fsp3) is 0.267. The molecule has 3 aromatic carbocycles. The number of amides is 3. The van der Waals surface area contributed by atoms with Gasteiger partial charge in [0.15, 0.2) is 0 Å². The van der Waals surface area contributed by atoms with Gasteiger partial charge in [-0.05, 0) is 66.2 Å². The van der Waals surface area contributed by atoms with Gasteiger partial charge >= 0.3 is 6.03 Å². The highest BCUT2D eigenvalue weighted by molar-refractivity contribution is 5.97. The van der Waals surface area contributed by atoms with Crippen LogP contribution in [0.2, 0.25) is 0 Å². The lowest BCUT2D eigenvalue weighted by atomic mass is 9.68. The highest BCUT2D eigenvalue weighted by Gasteiger charge is 2.55. The van der Waals surface area contributed by atoms with E-state index in [4.69, 9.17) is 4.74 Å². The molecule has 0 radical (unpaired) electrons. The van der Waals surface area contributed by atoms with Crippen LogP contribution >= 0.6 is 0 Å². The van der Waals surface area contributed by atoms with Crippen molar-refractivity contribution in [3.05, 3.63) is 95.2 Å². The summed E-state index contributed by atoms with van der Waals surface area (Å²) in [6.07, 6.45) is 0. The molecule has 0 unspecified atom stereocenters. The molecule has 2 aliphatic rings. The predicted molar refractivity (Wildman–Crippen MR) is 145 cm³/mol. The minimum absolute atomic E-state index is 0.257. The van der Waals surface area contributed by atoms with Gasteiger partial charge in [0.25, 0.3) is 5.91 Å². The molecule has 6 rings (SSSR count). The van der Waals surface area contributed by atoms with E-state index >= 15 is 0 Å². The SMILES string of the molecule is COc1ccc2c3c(n(C)c2c1)[C@H](CO)N(C(=O)c1ccc(F)cc1)CC31CN(C(=O)Nc2ccc(F)cc2)C1. The number of carbonyl (C=O) groups is 2. The fourth-order valence-electron chi connectivity index (χ4n) is 6.15. The molecule has 1 saturated heterocycles. The average molecular weight is 547 g/mol. The first-order chi connectivity index (χ1) is 19.2. The maximum atomic E-state index is 13.8. The number of nitrogens with zero attached hydrogens (tertiary/aromatic N) is 3. The van der Waals surface area contributed by atoms with Crippen molar-refractivity contribution in [3.63, 3.8) is 0 Å². The lowest BCUT2D eigenvalue weighted by Crippen LogP contribution is -2.68. The number of halogens is 2. The smallest absolute Gasteiger partial charge is 0.321 e. The van der Waals surface area contributed by atoms with Crippen LogP contribution < -0.4 is 10.1 Å². The van der Waals surface area contributed by atoms with Crippen LogP contribution in [0.3, 0.4) is 0 Å². The summed E-state index contributed by atoms with van der Waals surface area (Å²) in [7, 11) is 3.48. The van der Waals surface area contributed by atoms with Crippen molar-refractivity contribution in [3.8, 4) is 5.75 Å². The topological polar surface area (TPSA) is 87.0 Å². The summed E-state index contributed by atoms with van der Waals surface area (Å²) in [4.78, 5) is 30.1. The molecule has 3 heterocycles. The number of aliphatic hydroxyl groups excluding tert-OH is 1. The Morgan fingerprint density at radius 3 is 2.27 bits per heavy atom. The zero-order valence-electron chi connectivity index (χ0n) is 22.0. The number of likely N-dealkylation sites (tertiary alicyclic amines) is 1. The van der Waals surface area contributed by atoms with Crippen LogP contribution in [0.5, 0.6) is 5.75 Å². The molecule has 0 bridgehead atoms. The van der Waals surface area contributed by atoms with Crippen molar-refractivity contribution in [2.24, 2.45) is 7.05 Å². The maximum Gasteiger partial charge on any atom is 0.321 e. The number of anilines is 1. The van der Waals surface area contributed by atoms with E-state index in [1.165, 1.54) is 48.5 Å². The molecule has 8 nitrogen and oxygen atoms in total. The van der Waals surface area contributed by atoms with E-state index in [0.717, 1.165) is 22.2 Å². The fourth-order valence-corrected chi connectivity index (χ4v) is 6.15. The van der Waals surface area contributed by atoms with Crippen molar-refractivity contribution in [2.75, 3.05) is 38.7 Å². The lowest BCUT2D eigenvalue weighted by molar-refractivity contribution is 0.0150. The van der Waals surface area contributed by atoms with Gasteiger partial charge in [0.1, 0.15) is 17.4 Å². The molecular formula is C30H28F2N4O4. The highest BCUT2D eigenvalue weighted by Crippen LogP contribution is 2.50. The standard InChI is InChI=1S/C30H28F2N4O4/c1-34-24-13-22(40-2)11-12-23(24)26-27(34)25(14-37)36(28(38)18-3-5-19(31)6-4-18)17-30(26)15-35(16-30)29(39)33-21-9-7-20(32)8-10-21/h3-13,25,37H,14-17H2,1-2H3,(H,33,39)/t25-/m0/s1. The zero-order chi connectivity index (χ0) is 28.2. The molecule has 4 aromatic rings. The number of hydrogen-bond donors (Lipinski definition) is 2. The Hall–Kier alpha value is -4.44. The Morgan fingerprint density at radius 2 is 1.65 bits per heavy atom. The summed E-state index contributed by atoms with van der Waals surface area (Å²) >= 11 is 0. The van der Waals surface area contributed by atoms with E-state index in [0.29, 0.717) is 30.1 Å². The Morgan fingerprint density at radius 1 is 1.00 bits per heavy atom. The van der Waals surface area contributed by atoms with E-state index in [2.05, 4.69) is 5.32 Å². The van der Waals surface area contributed by atoms with Gasteiger partial charge < -0.3 is 29.5 Å². The van der Waals surface area contributed by atoms with Crippen molar-refractivity contribution < 1.29 is 28.2 Å². The number of fused-ring (bicyclic) bond motifs is 4.